The average Bonchev–Trinajstić information content (AvgIpc) is 2.63. The van der Waals surface area contributed by atoms with Gasteiger partial charge in [-0.2, -0.15) is 0 Å². The maximum Gasteiger partial charge on any atom is 0.278 e. The fourth-order valence-corrected chi connectivity index (χ4v) is 3.23. The zero-order valence-corrected chi connectivity index (χ0v) is 13.8. The quantitative estimate of drug-likeness (QED) is 0.887. The molecule has 126 valence electrons. The number of carbonyl (C=O) groups excluding carboxylic acids is 1. The highest BCUT2D eigenvalue weighted by atomic mass is 16.5. The van der Waals surface area contributed by atoms with Gasteiger partial charge in [0.15, 0.2) is 17.2 Å². The molecule has 2 N–H and O–H groups in total. The first kappa shape index (κ1) is 16.3. The van der Waals surface area contributed by atoms with Crippen molar-refractivity contribution in [3.8, 4) is 11.5 Å². The molecule has 1 saturated carbocycles. The minimum Gasteiger partial charge on any atom is -0.503 e. The molecule has 3 rings (SSSR count). The van der Waals surface area contributed by atoms with Gasteiger partial charge in [-0.05, 0) is 36.5 Å². The van der Waals surface area contributed by atoms with Crippen LogP contribution >= 0.6 is 0 Å². The lowest BCUT2D eigenvalue weighted by atomic mass is 9.84. The number of hydrogen-bond acceptors (Lipinski definition) is 4. The van der Waals surface area contributed by atoms with E-state index >= 15 is 0 Å². The van der Waals surface area contributed by atoms with E-state index in [0.29, 0.717) is 11.6 Å². The van der Waals surface area contributed by atoms with Crippen LogP contribution in [0.5, 0.6) is 11.5 Å². The van der Waals surface area contributed by atoms with Crippen LogP contribution in [-0.2, 0) is 0 Å². The van der Waals surface area contributed by atoms with E-state index in [1.54, 1.807) is 0 Å². The molecule has 1 aromatic carbocycles. The third-order valence-electron chi connectivity index (χ3n) is 4.57. The number of aromatic nitrogens is 1. The summed E-state index contributed by atoms with van der Waals surface area (Å²) in [7, 11) is 1.43. The second kappa shape index (κ2) is 7.34. The number of carbonyl (C=O) groups is 1. The van der Waals surface area contributed by atoms with E-state index in [1.807, 2.05) is 12.1 Å². The number of anilines is 1. The van der Waals surface area contributed by atoms with E-state index in [4.69, 9.17) is 4.74 Å². The maximum absolute atomic E-state index is 12.3. The van der Waals surface area contributed by atoms with Crippen LogP contribution < -0.4 is 10.1 Å². The van der Waals surface area contributed by atoms with Crippen LogP contribution in [0.15, 0.2) is 36.5 Å². The number of ether oxygens (including phenoxy) is 1. The molecule has 24 heavy (non-hydrogen) atoms. The molecule has 0 spiro atoms. The van der Waals surface area contributed by atoms with Gasteiger partial charge in [0.2, 0.25) is 0 Å². The van der Waals surface area contributed by atoms with Crippen molar-refractivity contribution in [2.24, 2.45) is 0 Å². The van der Waals surface area contributed by atoms with Crippen LogP contribution in [-0.4, -0.2) is 23.1 Å². The molecule has 5 nitrogen and oxygen atoms in total. The molecule has 1 amide bonds. The number of pyridine rings is 1. The number of hydrogen-bond donors (Lipinski definition) is 2. The van der Waals surface area contributed by atoms with Gasteiger partial charge in [0.05, 0.1) is 7.11 Å². The fraction of sp³-hybridized carbons (Fsp3) is 0.368. The lowest BCUT2D eigenvalue weighted by Crippen LogP contribution is -2.14. The largest absolute Gasteiger partial charge is 0.503 e. The topological polar surface area (TPSA) is 71.5 Å². The average molecular weight is 326 g/mol. The third-order valence-corrected chi connectivity index (χ3v) is 4.57. The number of nitrogens with one attached hydrogen (secondary N) is 1. The Hall–Kier alpha value is -2.56. The van der Waals surface area contributed by atoms with Gasteiger partial charge in [0.1, 0.15) is 0 Å². The standard InChI is InChI=1S/C19H22N2O3/c1-24-16-11-12-20-17(18(16)22)19(23)21-15-9-7-14(8-10-15)13-5-3-2-4-6-13/h7-13,22H,2-6H2,1H3,(H,21,23). The lowest BCUT2D eigenvalue weighted by molar-refractivity contribution is 0.101. The smallest absolute Gasteiger partial charge is 0.278 e. The van der Waals surface area contributed by atoms with Crippen molar-refractivity contribution in [3.05, 3.63) is 47.8 Å². The van der Waals surface area contributed by atoms with Gasteiger partial charge in [0, 0.05) is 18.0 Å². The summed E-state index contributed by atoms with van der Waals surface area (Å²) < 4.78 is 5.00. The molecular weight excluding hydrogens is 304 g/mol. The Morgan fingerprint density at radius 2 is 1.88 bits per heavy atom. The molecule has 1 aliphatic carbocycles. The maximum atomic E-state index is 12.3. The zero-order valence-electron chi connectivity index (χ0n) is 13.8. The summed E-state index contributed by atoms with van der Waals surface area (Å²) in [6.07, 6.45) is 7.84. The number of aromatic hydroxyl groups is 1. The molecule has 1 fully saturated rings. The van der Waals surface area contributed by atoms with Gasteiger partial charge >= 0.3 is 0 Å². The van der Waals surface area contributed by atoms with Gasteiger partial charge in [-0.1, -0.05) is 31.4 Å². The second-order valence-electron chi connectivity index (χ2n) is 6.12. The molecule has 0 saturated heterocycles. The minimum absolute atomic E-state index is 0.0503. The molecule has 5 heteroatoms. The summed E-state index contributed by atoms with van der Waals surface area (Å²) >= 11 is 0. The highest BCUT2D eigenvalue weighted by Gasteiger charge is 2.18. The molecule has 0 atom stereocenters. The summed E-state index contributed by atoms with van der Waals surface area (Å²) in [5.74, 6) is 0.142. The molecular formula is C19H22N2O3. The van der Waals surface area contributed by atoms with Gasteiger partial charge in [0.25, 0.3) is 5.91 Å². The molecule has 1 heterocycles. The van der Waals surface area contributed by atoms with E-state index in [0.717, 1.165) is 0 Å². The fourth-order valence-electron chi connectivity index (χ4n) is 3.23. The van der Waals surface area contributed by atoms with Crippen molar-refractivity contribution in [1.29, 1.82) is 0 Å². The summed E-state index contributed by atoms with van der Waals surface area (Å²) in [5, 5.41) is 12.8. The van der Waals surface area contributed by atoms with Crippen LogP contribution in [0, 0.1) is 0 Å². The van der Waals surface area contributed by atoms with Crippen LogP contribution in [0.1, 0.15) is 54.1 Å². The van der Waals surface area contributed by atoms with E-state index < -0.39 is 5.91 Å². The van der Waals surface area contributed by atoms with Crippen molar-refractivity contribution < 1.29 is 14.6 Å². The molecule has 0 unspecified atom stereocenters. The van der Waals surface area contributed by atoms with E-state index in [9.17, 15) is 9.90 Å². The summed E-state index contributed by atoms with van der Waals surface area (Å²) in [6, 6.07) is 9.46. The Bertz CT molecular complexity index is 707. The first-order chi connectivity index (χ1) is 11.7. The third kappa shape index (κ3) is 3.50. The van der Waals surface area contributed by atoms with Gasteiger partial charge < -0.3 is 15.2 Å². The molecule has 2 aromatic rings. The Kier molecular flexibility index (Phi) is 4.99. The predicted molar refractivity (Wildman–Crippen MR) is 92.7 cm³/mol. The van der Waals surface area contributed by atoms with Crippen molar-refractivity contribution in [1.82, 2.24) is 4.98 Å². The first-order valence-corrected chi connectivity index (χ1v) is 8.32. The number of rotatable bonds is 4. The van der Waals surface area contributed by atoms with E-state index in [2.05, 4.69) is 22.4 Å². The molecule has 1 aliphatic rings. The molecule has 0 bridgehead atoms. The van der Waals surface area contributed by atoms with Crippen LogP contribution in [0.3, 0.4) is 0 Å². The van der Waals surface area contributed by atoms with Gasteiger partial charge in [-0.15, -0.1) is 0 Å². The summed E-state index contributed by atoms with van der Waals surface area (Å²) in [5.41, 5.74) is 1.96. The highest BCUT2D eigenvalue weighted by molar-refractivity contribution is 6.05. The molecule has 0 aliphatic heterocycles. The van der Waals surface area contributed by atoms with Crippen LogP contribution in [0.2, 0.25) is 0 Å². The van der Waals surface area contributed by atoms with Crippen molar-refractivity contribution in [3.63, 3.8) is 0 Å². The lowest BCUT2D eigenvalue weighted by Gasteiger charge is -2.22. The Labute approximate surface area is 141 Å². The van der Waals surface area contributed by atoms with E-state index in [1.165, 1.54) is 57.0 Å². The number of nitrogens with zero attached hydrogens (tertiary/aromatic N) is 1. The number of methoxy groups -OCH3 is 1. The van der Waals surface area contributed by atoms with Crippen molar-refractivity contribution >= 4 is 11.6 Å². The molecule has 0 radical (unpaired) electrons. The highest BCUT2D eigenvalue weighted by Crippen LogP contribution is 2.33. The van der Waals surface area contributed by atoms with Crippen molar-refractivity contribution in [2.45, 2.75) is 38.0 Å². The first-order valence-electron chi connectivity index (χ1n) is 8.32. The minimum atomic E-state index is -0.461. The summed E-state index contributed by atoms with van der Waals surface area (Å²) in [4.78, 5) is 16.2. The Balaban J connectivity index is 1.70. The second-order valence-corrected chi connectivity index (χ2v) is 6.12. The van der Waals surface area contributed by atoms with Crippen LogP contribution in [0.25, 0.3) is 0 Å². The monoisotopic (exact) mass is 326 g/mol. The van der Waals surface area contributed by atoms with Crippen molar-refractivity contribution in [2.75, 3.05) is 12.4 Å². The van der Waals surface area contributed by atoms with Gasteiger partial charge in [-0.25, -0.2) is 4.98 Å². The zero-order chi connectivity index (χ0) is 16.9. The number of amides is 1. The SMILES string of the molecule is COc1ccnc(C(=O)Nc2ccc(C3CCCCC3)cc2)c1O. The number of benzene rings is 1. The normalized spacial score (nSPS) is 15.0. The van der Waals surface area contributed by atoms with Crippen LogP contribution in [0.4, 0.5) is 5.69 Å². The van der Waals surface area contributed by atoms with E-state index in [-0.39, 0.29) is 17.2 Å². The molecule has 1 aromatic heterocycles. The summed E-state index contributed by atoms with van der Waals surface area (Å²) in [6.45, 7) is 0. The Morgan fingerprint density at radius 1 is 1.17 bits per heavy atom. The van der Waals surface area contributed by atoms with Gasteiger partial charge in [-0.3, -0.25) is 4.79 Å². The Morgan fingerprint density at radius 3 is 2.54 bits per heavy atom. The predicted octanol–water partition coefficient (Wildman–Crippen LogP) is 4.10.